The number of pyridine rings is 1. The predicted octanol–water partition coefficient (Wildman–Crippen LogP) is 2.87. The maximum absolute atomic E-state index is 12.3. The number of nitrogens with one attached hydrogen (secondary N) is 1. The number of rotatable bonds is 3. The SMILES string of the molecule is CC(C)(C)C(=O)Nc1ccc([Te]c2ccccc2)c2cccnc12. The fraction of sp³-hybridized carbons (Fsp3) is 0.200. The summed E-state index contributed by atoms with van der Waals surface area (Å²) in [5, 5.41) is 4.16. The van der Waals surface area contributed by atoms with Gasteiger partial charge in [0.1, 0.15) is 0 Å². The van der Waals surface area contributed by atoms with E-state index < -0.39 is 26.3 Å². The molecule has 0 saturated heterocycles. The molecule has 1 amide bonds. The monoisotopic (exact) mass is 434 g/mol. The maximum atomic E-state index is 12.3. The molecule has 1 N–H and O–H groups in total. The second-order valence-corrected chi connectivity index (χ2v) is 9.81. The van der Waals surface area contributed by atoms with Crippen LogP contribution in [-0.2, 0) is 4.79 Å². The second kappa shape index (κ2) is 6.93. The molecular weight excluding hydrogens is 412 g/mol. The van der Waals surface area contributed by atoms with Crippen LogP contribution in [0.15, 0.2) is 60.8 Å². The molecule has 2 aromatic carbocycles. The van der Waals surface area contributed by atoms with Gasteiger partial charge in [0.15, 0.2) is 0 Å². The molecule has 0 aliphatic heterocycles. The van der Waals surface area contributed by atoms with Gasteiger partial charge in [-0.15, -0.1) is 0 Å². The van der Waals surface area contributed by atoms with Crippen molar-refractivity contribution in [1.29, 1.82) is 0 Å². The van der Waals surface area contributed by atoms with Gasteiger partial charge >= 0.3 is 153 Å². The third kappa shape index (κ3) is 3.77. The molecule has 3 aromatic rings. The van der Waals surface area contributed by atoms with Crippen LogP contribution in [0, 0.1) is 5.41 Å². The van der Waals surface area contributed by atoms with E-state index in [-0.39, 0.29) is 5.91 Å². The zero-order chi connectivity index (χ0) is 17.2. The number of carbonyl (C=O) groups is 1. The fourth-order valence-electron chi connectivity index (χ4n) is 2.26. The van der Waals surface area contributed by atoms with Crippen LogP contribution in [-0.4, -0.2) is 31.8 Å². The van der Waals surface area contributed by atoms with Crippen molar-refractivity contribution in [1.82, 2.24) is 4.98 Å². The van der Waals surface area contributed by atoms with Crippen molar-refractivity contribution in [3.8, 4) is 0 Å². The number of amides is 1. The minimum atomic E-state index is -0.488. The Morgan fingerprint density at radius 2 is 1.75 bits per heavy atom. The zero-order valence-electron chi connectivity index (χ0n) is 14.0. The van der Waals surface area contributed by atoms with Gasteiger partial charge in [-0.1, -0.05) is 0 Å². The van der Waals surface area contributed by atoms with Crippen LogP contribution in [0.4, 0.5) is 5.69 Å². The molecule has 0 bridgehead atoms. The zero-order valence-corrected chi connectivity index (χ0v) is 16.4. The molecule has 0 unspecified atom stereocenters. The first-order valence-electron chi connectivity index (χ1n) is 7.87. The number of nitrogens with zero attached hydrogens (tertiary/aromatic N) is 1. The fourth-order valence-corrected chi connectivity index (χ4v) is 5.00. The van der Waals surface area contributed by atoms with Gasteiger partial charge in [0.25, 0.3) is 0 Å². The Balaban J connectivity index is 2.00. The molecule has 4 heteroatoms. The summed E-state index contributed by atoms with van der Waals surface area (Å²) >= 11 is -0.488. The van der Waals surface area contributed by atoms with Gasteiger partial charge in [0, 0.05) is 0 Å². The standard InChI is InChI=1S/C20H20N2OTe/c1-20(2,3)19(23)22-16-11-12-17(15-10-7-13-21-18(15)16)24-14-8-5-4-6-9-14/h4-13H,1-3H3,(H,22,23). The Hall–Kier alpha value is -1.89. The molecule has 3 rings (SSSR count). The Labute approximate surface area is 152 Å². The van der Waals surface area contributed by atoms with Crippen molar-refractivity contribution >= 4 is 50.6 Å². The Bertz CT molecular complexity index is 870. The molecule has 1 aromatic heterocycles. The molecule has 0 aliphatic rings. The van der Waals surface area contributed by atoms with E-state index in [4.69, 9.17) is 0 Å². The first kappa shape index (κ1) is 16.9. The van der Waals surface area contributed by atoms with Gasteiger partial charge < -0.3 is 0 Å². The third-order valence-corrected chi connectivity index (χ3v) is 6.72. The Morgan fingerprint density at radius 3 is 2.46 bits per heavy atom. The average Bonchev–Trinajstić information content (AvgIpc) is 2.57. The van der Waals surface area contributed by atoms with Crippen LogP contribution in [0.1, 0.15) is 20.8 Å². The van der Waals surface area contributed by atoms with Crippen molar-refractivity contribution in [2.75, 3.05) is 5.32 Å². The van der Waals surface area contributed by atoms with E-state index in [9.17, 15) is 4.79 Å². The second-order valence-electron chi connectivity index (χ2n) is 6.63. The molecule has 1 heterocycles. The van der Waals surface area contributed by atoms with E-state index in [1.165, 1.54) is 7.22 Å². The number of aromatic nitrogens is 1. The number of carbonyl (C=O) groups excluding carboxylic acids is 1. The van der Waals surface area contributed by atoms with Crippen molar-refractivity contribution in [3.63, 3.8) is 0 Å². The van der Waals surface area contributed by atoms with Gasteiger partial charge in [-0.05, 0) is 0 Å². The number of hydrogen-bond donors (Lipinski definition) is 1. The van der Waals surface area contributed by atoms with Crippen molar-refractivity contribution in [3.05, 3.63) is 60.8 Å². The molecule has 122 valence electrons. The third-order valence-electron chi connectivity index (χ3n) is 3.63. The molecule has 0 spiro atoms. The summed E-state index contributed by atoms with van der Waals surface area (Å²) in [4.78, 5) is 16.8. The molecule has 0 aliphatic carbocycles. The van der Waals surface area contributed by atoms with Crippen LogP contribution in [0.2, 0.25) is 0 Å². The van der Waals surface area contributed by atoms with E-state index in [0.29, 0.717) is 0 Å². The number of fused-ring (bicyclic) bond motifs is 1. The summed E-state index contributed by atoms with van der Waals surface area (Å²) < 4.78 is 2.72. The van der Waals surface area contributed by atoms with Crippen LogP contribution in [0.3, 0.4) is 0 Å². The van der Waals surface area contributed by atoms with Gasteiger partial charge in [-0.2, -0.15) is 0 Å². The van der Waals surface area contributed by atoms with E-state index in [1.807, 2.05) is 39.0 Å². The summed E-state index contributed by atoms with van der Waals surface area (Å²) in [7, 11) is 0. The van der Waals surface area contributed by atoms with Crippen LogP contribution in [0.25, 0.3) is 10.9 Å². The molecule has 3 nitrogen and oxygen atoms in total. The van der Waals surface area contributed by atoms with Gasteiger partial charge in [0.05, 0.1) is 0 Å². The minimum absolute atomic E-state index is 0.00160. The summed E-state index contributed by atoms with van der Waals surface area (Å²) in [5.74, 6) is 0.00160. The quantitative estimate of drug-likeness (QED) is 0.648. The topological polar surface area (TPSA) is 42.0 Å². The van der Waals surface area contributed by atoms with E-state index >= 15 is 0 Å². The summed E-state index contributed by atoms with van der Waals surface area (Å²) in [6.45, 7) is 5.73. The number of hydrogen-bond acceptors (Lipinski definition) is 2. The van der Waals surface area contributed by atoms with E-state index in [1.54, 1.807) is 6.20 Å². The molecule has 0 radical (unpaired) electrons. The van der Waals surface area contributed by atoms with Crippen LogP contribution < -0.4 is 12.5 Å². The predicted molar refractivity (Wildman–Crippen MR) is 101 cm³/mol. The molecular formula is C20H20N2OTe. The summed E-state index contributed by atoms with van der Waals surface area (Å²) in [5.41, 5.74) is 1.22. The van der Waals surface area contributed by atoms with E-state index in [2.05, 4.69) is 46.7 Å². The van der Waals surface area contributed by atoms with Crippen LogP contribution >= 0.6 is 0 Å². The van der Waals surface area contributed by atoms with Crippen molar-refractivity contribution < 1.29 is 4.79 Å². The first-order valence-corrected chi connectivity index (χ1v) is 10.2. The summed E-state index contributed by atoms with van der Waals surface area (Å²) in [6.07, 6.45) is 1.78. The normalized spacial score (nSPS) is 11.5. The Morgan fingerprint density at radius 1 is 1.00 bits per heavy atom. The molecule has 0 saturated carbocycles. The molecule has 24 heavy (non-hydrogen) atoms. The van der Waals surface area contributed by atoms with Crippen molar-refractivity contribution in [2.24, 2.45) is 5.41 Å². The number of anilines is 1. The first-order chi connectivity index (χ1) is 11.4. The molecule has 0 atom stereocenters. The van der Waals surface area contributed by atoms with Gasteiger partial charge in [-0.25, -0.2) is 0 Å². The molecule has 0 fully saturated rings. The number of benzene rings is 2. The average molecular weight is 432 g/mol. The van der Waals surface area contributed by atoms with E-state index in [0.717, 1.165) is 16.6 Å². The van der Waals surface area contributed by atoms with Gasteiger partial charge in [0.2, 0.25) is 0 Å². The Kier molecular flexibility index (Phi) is 4.89. The summed E-state index contributed by atoms with van der Waals surface area (Å²) in [6, 6.07) is 18.7. The van der Waals surface area contributed by atoms with Crippen molar-refractivity contribution in [2.45, 2.75) is 20.8 Å². The van der Waals surface area contributed by atoms with Gasteiger partial charge in [-0.3, -0.25) is 0 Å². The van der Waals surface area contributed by atoms with Crippen LogP contribution in [0.5, 0.6) is 0 Å².